The van der Waals surface area contributed by atoms with E-state index >= 15 is 0 Å². The zero-order valence-corrected chi connectivity index (χ0v) is 13.8. The Kier molecular flexibility index (Phi) is 6.52. The average molecular weight is 324 g/mol. The average Bonchev–Trinajstić information content (AvgIpc) is 2.84. The first kappa shape index (κ1) is 18.1. The molecule has 1 atom stereocenters. The summed E-state index contributed by atoms with van der Waals surface area (Å²) < 4.78 is 1.82. The molecule has 0 aliphatic carbocycles. The van der Waals surface area contributed by atoms with Crippen molar-refractivity contribution >= 4 is 24.0 Å². The van der Waals surface area contributed by atoms with Crippen LogP contribution in [0.4, 0.5) is 5.69 Å². The summed E-state index contributed by atoms with van der Waals surface area (Å²) in [5.74, 6) is 0.965. The lowest BCUT2D eigenvalue weighted by Gasteiger charge is -2.14. The van der Waals surface area contributed by atoms with Crippen molar-refractivity contribution in [2.24, 2.45) is 18.7 Å². The number of anilines is 1. The second-order valence-electron chi connectivity index (χ2n) is 5.57. The number of nitrogens with two attached hydrogens (primary N) is 1. The number of hydrogen-bond acceptors (Lipinski definition) is 4. The van der Waals surface area contributed by atoms with Crippen LogP contribution in [0.2, 0.25) is 0 Å². The van der Waals surface area contributed by atoms with Crippen molar-refractivity contribution in [1.82, 2.24) is 14.8 Å². The Morgan fingerprint density at radius 3 is 2.73 bits per heavy atom. The molecule has 120 valence electrons. The maximum atomic E-state index is 12.0. The van der Waals surface area contributed by atoms with Gasteiger partial charge in [-0.05, 0) is 24.5 Å². The molecule has 0 unspecified atom stereocenters. The van der Waals surface area contributed by atoms with E-state index in [-0.39, 0.29) is 18.3 Å². The van der Waals surface area contributed by atoms with E-state index in [1.165, 1.54) is 0 Å². The van der Waals surface area contributed by atoms with E-state index in [1.807, 2.05) is 49.7 Å². The highest BCUT2D eigenvalue weighted by Gasteiger charge is 2.15. The van der Waals surface area contributed by atoms with Gasteiger partial charge in [0.15, 0.2) is 5.82 Å². The smallest absolute Gasteiger partial charge is 0.241 e. The topological polar surface area (TPSA) is 85.8 Å². The Bertz CT molecular complexity index is 626. The molecule has 0 saturated carbocycles. The minimum atomic E-state index is -0.497. The molecule has 2 aromatic rings. The van der Waals surface area contributed by atoms with Crippen molar-refractivity contribution in [3.05, 3.63) is 30.6 Å². The number of hydrogen-bond donors (Lipinski definition) is 2. The lowest BCUT2D eigenvalue weighted by Crippen LogP contribution is -2.36. The summed E-state index contributed by atoms with van der Waals surface area (Å²) in [5.41, 5.74) is 7.49. The number of aryl methyl sites for hydroxylation is 1. The predicted octanol–water partition coefficient (Wildman–Crippen LogP) is 2.22. The van der Waals surface area contributed by atoms with Crippen LogP contribution in [0, 0.1) is 5.92 Å². The molecule has 2 rings (SSSR count). The van der Waals surface area contributed by atoms with Crippen LogP contribution < -0.4 is 11.1 Å². The molecule has 0 fully saturated rings. The van der Waals surface area contributed by atoms with Gasteiger partial charge in [-0.1, -0.05) is 26.0 Å². The molecule has 6 nitrogen and oxygen atoms in total. The third-order valence-corrected chi connectivity index (χ3v) is 3.16. The zero-order chi connectivity index (χ0) is 15.4. The zero-order valence-electron chi connectivity index (χ0n) is 13.0. The Morgan fingerprint density at radius 1 is 1.41 bits per heavy atom. The molecule has 7 heteroatoms. The lowest BCUT2D eigenvalue weighted by atomic mass is 10.0. The minimum Gasteiger partial charge on any atom is -0.325 e. The SMILES string of the molecule is CC(C)C[C@H](N)C(=O)Nc1cccc(-c2nncn2C)c1.Cl. The summed E-state index contributed by atoms with van der Waals surface area (Å²) in [6.45, 7) is 4.09. The molecule has 1 aromatic carbocycles. The van der Waals surface area contributed by atoms with Gasteiger partial charge in [-0.15, -0.1) is 22.6 Å². The predicted molar refractivity (Wildman–Crippen MR) is 89.7 cm³/mol. The summed E-state index contributed by atoms with van der Waals surface area (Å²) in [7, 11) is 1.87. The maximum absolute atomic E-state index is 12.0. The first-order valence-electron chi connectivity index (χ1n) is 6.98. The number of carbonyl (C=O) groups excluding carboxylic acids is 1. The van der Waals surface area contributed by atoms with E-state index in [1.54, 1.807) is 6.33 Å². The highest BCUT2D eigenvalue weighted by Crippen LogP contribution is 2.20. The molecule has 0 aliphatic heterocycles. The minimum absolute atomic E-state index is 0. The number of aromatic nitrogens is 3. The summed E-state index contributed by atoms with van der Waals surface area (Å²) in [5, 5.41) is 10.8. The normalized spacial score (nSPS) is 11.9. The lowest BCUT2D eigenvalue weighted by molar-refractivity contribution is -0.117. The third kappa shape index (κ3) is 4.54. The Balaban J connectivity index is 0.00000242. The summed E-state index contributed by atoms with van der Waals surface area (Å²) >= 11 is 0. The number of benzene rings is 1. The van der Waals surface area contributed by atoms with Gasteiger partial charge in [0.05, 0.1) is 6.04 Å². The van der Waals surface area contributed by atoms with Gasteiger partial charge in [0.25, 0.3) is 0 Å². The Hall–Kier alpha value is -1.92. The van der Waals surface area contributed by atoms with Gasteiger partial charge >= 0.3 is 0 Å². The fourth-order valence-corrected chi connectivity index (χ4v) is 2.13. The van der Waals surface area contributed by atoms with Crippen LogP contribution in [0.3, 0.4) is 0 Å². The molecule has 22 heavy (non-hydrogen) atoms. The van der Waals surface area contributed by atoms with E-state index in [0.717, 1.165) is 11.4 Å². The largest absolute Gasteiger partial charge is 0.325 e. The number of nitrogens with zero attached hydrogens (tertiary/aromatic N) is 3. The first-order valence-corrected chi connectivity index (χ1v) is 6.98. The third-order valence-electron chi connectivity index (χ3n) is 3.16. The van der Waals surface area contributed by atoms with E-state index in [2.05, 4.69) is 15.5 Å². The van der Waals surface area contributed by atoms with Crippen molar-refractivity contribution in [3.63, 3.8) is 0 Å². The number of halogens is 1. The van der Waals surface area contributed by atoms with Gasteiger partial charge in [0, 0.05) is 18.3 Å². The van der Waals surface area contributed by atoms with Gasteiger partial charge in [-0.25, -0.2) is 0 Å². The number of amides is 1. The number of nitrogens with one attached hydrogen (secondary N) is 1. The van der Waals surface area contributed by atoms with E-state index in [9.17, 15) is 4.79 Å². The fraction of sp³-hybridized carbons (Fsp3) is 0.400. The molecule has 1 amide bonds. The summed E-state index contributed by atoms with van der Waals surface area (Å²) in [6, 6.07) is 6.99. The molecule has 0 bridgehead atoms. The molecule has 3 N–H and O–H groups in total. The van der Waals surface area contributed by atoms with Crippen LogP contribution in [0.5, 0.6) is 0 Å². The van der Waals surface area contributed by atoms with Crippen LogP contribution in [0.25, 0.3) is 11.4 Å². The van der Waals surface area contributed by atoms with Gasteiger partial charge in [0.1, 0.15) is 6.33 Å². The van der Waals surface area contributed by atoms with E-state index < -0.39 is 6.04 Å². The first-order chi connectivity index (χ1) is 9.97. The maximum Gasteiger partial charge on any atom is 0.241 e. The van der Waals surface area contributed by atoms with Crippen molar-refractivity contribution in [2.45, 2.75) is 26.3 Å². The van der Waals surface area contributed by atoms with E-state index in [0.29, 0.717) is 18.0 Å². The van der Waals surface area contributed by atoms with Gasteiger partial charge in [-0.3, -0.25) is 4.79 Å². The van der Waals surface area contributed by atoms with E-state index in [4.69, 9.17) is 5.73 Å². The Morgan fingerprint density at radius 2 is 2.14 bits per heavy atom. The van der Waals surface area contributed by atoms with Crippen LogP contribution in [0.15, 0.2) is 30.6 Å². The Labute approximate surface area is 136 Å². The molecule has 0 aliphatic rings. The van der Waals surface area contributed by atoms with Crippen molar-refractivity contribution in [1.29, 1.82) is 0 Å². The second-order valence-corrected chi connectivity index (χ2v) is 5.57. The second kappa shape index (κ2) is 7.91. The van der Waals surface area contributed by atoms with Crippen LogP contribution >= 0.6 is 12.4 Å². The highest BCUT2D eigenvalue weighted by molar-refractivity contribution is 5.95. The molecule has 1 aromatic heterocycles. The quantitative estimate of drug-likeness (QED) is 0.883. The monoisotopic (exact) mass is 323 g/mol. The molecular formula is C15H22ClN5O. The highest BCUT2D eigenvalue weighted by atomic mass is 35.5. The van der Waals surface area contributed by atoms with Gasteiger partial charge in [0.2, 0.25) is 5.91 Å². The van der Waals surface area contributed by atoms with Crippen LogP contribution in [-0.2, 0) is 11.8 Å². The van der Waals surface area contributed by atoms with Gasteiger partial charge < -0.3 is 15.6 Å². The molecule has 0 saturated heterocycles. The molecule has 0 radical (unpaired) electrons. The fourth-order valence-electron chi connectivity index (χ4n) is 2.13. The molecule has 0 spiro atoms. The molecule has 1 heterocycles. The van der Waals surface area contributed by atoms with Crippen molar-refractivity contribution < 1.29 is 4.79 Å². The van der Waals surface area contributed by atoms with Gasteiger partial charge in [-0.2, -0.15) is 0 Å². The standard InChI is InChI=1S/C15H21N5O.ClH/c1-10(2)7-13(16)15(21)18-12-6-4-5-11(8-12)14-19-17-9-20(14)3;/h4-6,8-10,13H,7,16H2,1-3H3,(H,18,21);1H/t13-;/m0./s1. The summed E-state index contributed by atoms with van der Waals surface area (Å²) in [6.07, 6.45) is 2.30. The van der Waals surface area contributed by atoms with Crippen LogP contribution in [0.1, 0.15) is 20.3 Å². The summed E-state index contributed by atoms with van der Waals surface area (Å²) in [4.78, 5) is 12.0. The number of carbonyl (C=O) groups is 1. The molecular weight excluding hydrogens is 302 g/mol. The van der Waals surface area contributed by atoms with Crippen LogP contribution in [-0.4, -0.2) is 26.7 Å². The van der Waals surface area contributed by atoms with Crippen molar-refractivity contribution in [3.8, 4) is 11.4 Å². The van der Waals surface area contributed by atoms with Crippen molar-refractivity contribution in [2.75, 3.05) is 5.32 Å². The number of rotatable bonds is 5.